The van der Waals surface area contributed by atoms with Crippen LogP contribution in [-0.4, -0.2) is 4.98 Å². The summed E-state index contributed by atoms with van der Waals surface area (Å²) in [5.41, 5.74) is 1.81. The van der Waals surface area contributed by atoms with Gasteiger partial charge in [-0.05, 0) is 44.4 Å². The molecule has 1 atom stereocenters. The van der Waals surface area contributed by atoms with Crippen LogP contribution in [0, 0.1) is 11.3 Å². The van der Waals surface area contributed by atoms with E-state index in [1.165, 1.54) is 0 Å². The Bertz CT molecular complexity index is 504. The predicted octanol–water partition coefficient (Wildman–Crippen LogP) is 3.58. The van der Waals surface area contributed by atoms with Gasteiger partial charge in [0.1, 0.15) is 6.04 Å². The molecule has 5 heteroatoms. The van der Waals surface area contributed by atoms with Gasteiger partial charge in [-0.3, -0.25) is 4.98 Å². The zero-order valence-corrected chi connectivity index (χ0v) is 10.6. The Labute approximate surface area is 106 Å². The molecule has 0 saturated heterocycles. The lowest BCUT2D eigenvalue weighted by atomic mass is 10.2. The molecule has 0 bridgehead atoms. The molecule has 0 spiro atoms. The highest BCUT2D eigenvalue weighted by Crippen LogP contribution is 2.22. The highest BCUT2D eigenvalue weighted by molar-refractivity contribution is 9.10. The molecular formula is C11H8BrN3S. The van der Waals surface area contributed by atoms with E-state index in [2.05, 4.69) is 32.3 Å². The monoisotopic (exact) mass is 293 g/mol. The molecule has 2 rings (SSSR count). The third kappa shape index (κ3) is 2.60. The first kappa shape index (κ1) is 11.1. The highest BCUT2D eigenvalue weighted by Gasteiger charge is 2.10. The minimum absolute atomic E-state index is 0.331. The fourth-order valence-electron chi connectivity index (χ4n) is 1.29. The summed E-state index contributed by atoms with van der Waals surface area (Å²) in [7, 11) is 0. The van der Waals surface area contributed by atoms with Crippen LogP contribution in [0.5, 0.6) is 0 Å². The van der Waals surface area contributed by atoms with Gasteiger partial charge >= 0.3 is 0 Å². The highest BCUT2D eigenvalue weighted by atomic mass is 79.9. The fourth-order valence-corrected chi connectivity index (χ4v) is 2.34. The van der Waals surface area contributed by atoms with Gasteiger partial charge in [0.25, 0.3) is 0 Å². The molecule has 0 aliphatic heterocycles. The topological polar surface area (TPSA) is 48.7 Å². The second-order valence-electron chi connectivity index (χ2n) is 3.15. The number of hydrogen-bond donors (Lipinski definition) is 1. The largest absolute Gasteiger partial charge is 0.365 e. The van der Waals surface area contributed by atoms with Gasteiger partial charge in [0.2, 0.25) is 0 Å². The Morgan fingerprint density at radius 3 is 3.00 bits per heavy atom. The van der Waals surface area contributed by atoms with Crippen molar-refractivity contribution in [3.05, 3.63) is 45.3 Å². The van der Waals surface area contributed by atoms with E-state index in [1.54, 1.807) is 23.7 Å². The van der Waals surface area contributed by atoms with Crippen molar-refractivity contribution >= 4 is 33.0 Å². The van der Waals surface area contributed by atoms with Crippen molar-refractivity contribution in [1.82, 2.24) is 4.98 Å². The third-order valence-corrected chi connectivity index (χ3v) is 3.16. The molecule has 0 aliphatic rings. The third-order valence-electron chi connectivity index (χ3n) is 2.02. The number of hydrogen-bond acceptors (Lipinski definition) is 4. The average molecular weight is 294 g/mol. The predicted molar refractivity (Wildman–Crippen MR) is 68.2 cm³/mol. The van der Waals surface area contributed by atoms with Gasteiger partial charge in [0.05, 0.1) is 18.0 Å². The van der Waals surface area contributed by atoms with E-state index in [-0.39, 0.29) is 6.04 Å². The average Bonchev–Trinajstić information content (AvgIpc) is 2.79. The van der Waals surface area contributed by atoms with Crippen LogP contribution >= 0.6 is 27.3 Å². The number of nitriles is 1. The Morgan fingerprint density at radius 2 is 2.38 bits per heavy atom. The van der Waals surface area contributed by atoms with E-state index >= 15 is 0 Å². The van der Waals surface area contributed by atoms with Crippen molar-refractivity contribution in [1.29, 1.82) is 5.26 Å². The summed E-state index contributed by atoms with van der Waals surface area (Å²) in [5, 5.41) is 16.1. The molecule has 16 heavy (non-hydrogen) atoms. The molecule has 1 N–H and O–H groups in total. The van der Waals surface area contributed by atoms with Gasteiger partial charge < -0.3 is 5.32 Å². The molecule has 0 saturated carbocycles. The molecule has 0 fully saturated rings. The van der Waals surface area contributed by atoms with Crippen LogP contribution in [0.2, 0.25) is 0 Å². The molecular weight excluding hydrogens is 286 g/mol. The minimum atomic E-state index is -0.331. The summed E-state index contributed by atoms with van der Waals surface area (Å²) in [4.78, 5) is 4.04. The van der Waals surface area contributed by atoms with Gasteiger partial charge in [-0.1, -0.05) is 0 Å². The summed E-state index contributed by atoms with van der Waals surface area (Å²) < 4.78 is 0.888. The number of rotatable bonds is 3. The zero-order valence-electron chi connectivity index (χ0n) is 8.22. The van der Waals surface area contributed by atoms with Crippen molar-refractivity contribution in [3.63, 3.8) is 0 Å². The van der Waals surface area contributed by atoms with Gasteiger partial charge in [0, 0.05) is 10.7 Å². The van der Waals surface area contributed by atoms with E-state index in [4.69, 9.17) is 5.26 Å². The molecule has 2 aromatic rings. The summed E-state index contributed by atoms with van der Waals surface area (Å²) in [6.07, 6.45) is 3.40. The molecule has 2 aromatic heterocycles. The molecule has 0 radical (unpaired) electrons. The number of anilines is 1. The molecule has 2 heterocycles. The first-order valence-electron chi connectivity index (χ1n) is 4.58. The van der Waals surface area contributed by atoms with Crippen LogP contribution in [0.15, 0.2) is 39.8 Å². The quantitative estimate of drug-likeness (QED) is 0.941. The van der Waals surface area contributed by atoms with Crippen LogP contribution in [0.3, 0.4) is 0 Å². The Kier molecular flexibility index (Phi) is 3.54. The van der Waals surface area contributed by atoms with Crippen LogP contribution in [0.25, 0.3) is 0 Å². The van der Waals surface area contributed by atoms with E-state index < -0.39 is 0 Å². The second-order valence-corrected chi connectivity index (χ2v) is 4.85. The first-order chi connectivity index (χ1) is 7.79. The second kappa shape index (κ2) is 5.10. The lowest BCUT2D eigenvalue weighted by Gasteiger charge is -2.11. The van der Waals surface area contributed by atoms with Crippen molar-refractivity contribution in [2.24, 2.45) is 0 Å². The first-order valence-corrected chi connectivity index (χ1v) is 6.32. The molecule has 0 amide bonds. The lowest BCUT2D eigenvalue weighted by Crippen LogP contribution is -2.07. The summed E-state index contributed by atoms with van der Waals surface area (Å²) in [5.74, 6) is 0. The van der Waals surface area contributed by atoms with E-state index in [9.17, 15) is 0 Å². The number of halogens is 1. The maximum Gasteiger partial charge on any atom is 0.141 e. The van der Waals surface area contributed by atoms with Crippen molar-refractivity contribution < 1.29 is 0 Å². The normalized spacial score (nSPS) is 11.8. The summed E-state index contributed by atoms with van der Waals surface area (Å²) in [6, 6.07) is 5.73. The maximum absolute atomic E-state index is 9.09. The van der Waals surface area contributed by atoms with Gasteiger partial charge in [-0.15, -0.1) is 0 Å². The van der Waals surface area contributed by atoms with Gasteiger partial charge in [-0.2, -0.15) is 16.6 Å². The Balaban J connectivity index is 2.17. The molecule has 3 nitrogen and oxygen atoms in total. The summed E-state index contributed by atoms with van der Waals surface area (Å²) >= 11 is 4.92. The Hall–Kier alpha value is -1.38. The molecule has 0 aromatic carbocycles. The number of nitrogens with zero attached hydrogens (tertiary/aromatic N) is 2. The van der Waals surface area contributed by atoms with E-state index in [1.807, 2.05) is 22.9 Å². The van der Waals surface area contributed by atoms with Gasteiger partial charge in [-0.25, -0.2) is 0 Å². The van der Waals surface area contributed by atoms with Crippen LogP contribution in [0.4, 0.5) is 5.69 Å². The number of aromatic nitrogens is 1. The van der Waals surface area contributed by atoms with Crippen molar-refractivity contribution in [2.45, 2.75) is 6.04 Å². The SMILES string of the molecule is N#CC(Nc1cncc(Br)c1)c1ccsc1. The smallest absolute Gasteiger partial charge is 0.141 e. The van der Waals surface area contributed by atoms with E-state index in [0.717, 1.165) is 15.7 Å². The van der Waals surface area contributed by atoms with Crippen LogP contribution < -0.4 is 5.32 Å². The molecule has 0 aliphatic carbocycles. The van der Waals surface area contributed by atoms with Crippen molar-refractivity contribution in [2.75, 3.05) is 5.32 Å². The zero-order chi connectivity index (χ0) is 11.4. The minimum Gasteiger partial charge on any atom is -0.365 e. The maximum atomic E-state index is 9.09. The number of nitrogens with one attached hydrogen (secondary N) is 1. The Morgan fingerprint density at radius 1 is 1.50 bits per heavy atom. The molecule has 1 unspecified atom stereocenters. The van der Waals surface area contributed by atoms with E-state index in [0.29, 0.717) is 0 Å². The number of thiophene rings is 1. The lowest BCUT2D eigenvalue weighted by molar-refractivity contribution is 1.00. The van der Waals surface area contributed by atoms with Crippen LogP contribution in [0.1, 0.15) is 11.6 Å². The standard InChI is InChI=1S/C11H8BrN3S/c12-9-3-10(6-14-5-9)15-11(4-13)8-1-2-16-7-8/h1-3,5-7,11,15H. The van der Waals surface area contributed by atoms with Crippen molar-refractivity contribution in [3.8, 4) is 6.07 Å². The number of pyridine rings is 1. The van der Waals surface area contributed by atoms with Gasteiger partial charge in [0.15, 0.2) is 0 Å². The molecule has 80 valence electrons. The van der Waals surface area contributed by atoms with Crippen LogP contribution in [-0.2, 0) is 0 Å². The fraction of sp³-hybridized carbons (Fsp3) is 0.0909. The summed E-state index contributed by atoms with van der Waals surface area (Å²) in [6.45, 7) is 0.